The molecular formula is C16H23NO3S. The average Bonchev–Trinajstić information content (AvgIpc) is 2.53. The number of amides is 1. The van der Waals surface area contributed by atoms with Crippen LogP contribution >= 0.6 is 11.8 Å². The highest BCUT2D eigenvalue weighted by molar-refractivity contribution is 7.99. The topological polar surface area (TPSA) is 58.6 Å². The highest BCUT2D eigenvalue weighted by Gasteiger charge is 2.33. The number of carbonyl (C=O) groups is 1. The first kappa shape index (κ1) is 16.3. The Morgan fingerprint density at radius 3 is 2.67 bits per heavy atom. The lowest BCUT2D eigenvalue weighted by atomic mass is 9.91. The average molecular weight is 309 g/mol. The van der Waals surface area contributed by atoms with Crippen molar-refractivity contribution >= 4 is 17.7 Å². The molecule has 0 atom stereocenters. The predicted octanol–water partition coefficient (Wildman–Crippen LogP) is 2.22. The van der Waals surface area contributed by atoms with Crippen LogP contribution in [0, 0.1) is 0 Å². The number of ether oxygens (including phenoxy) is 1. The molecule has 1 aromatic rings. The molecular weight excluding hydrogens is 286 g/mol. The van der Waals surface area contributed by atoms with Gasteiger partial charge in [0.1, 0.15) is 0 Å². The Labute approximate surface area is 130 Å². The summed E-state index contributed by atoms with van der Waals surface area (Å²) in [5.41, 5.74) is -0.470. The minimum absolute atomic E-state index is 0.0130. The predicted molar refractivity (Wildman–Crippen MR) is 84.4 cm³/mol. The number of nitrogens with one attached hydrogen (secondary N) is 1. The highest BCUT2D eigenvalue weighted by Crippen LogP contribution is 2.21. The lowest BCUT2D eigenvalue weighted by Gasteiger charge is -2.36. The smallest absolute Gasteiger partial charge is 0.220 e. The maximum atomic E-state index is 12.0. The second kappa shape index (κ2) is 8.41. The molecule has 1 aromatic carbocycles. The maximum absolute atomic E-state index is 12.0. The molecule has 0 aromatic heterocycles. The molecule has 1 aliphatic heterocycles. The Kier molecular flexibility index (Phi) is 6.54. The van der Waals surface area contributed by atoms with Crippen LogP contribution in [0.25, 0.3) is 0 Å². The van der Waals surface area contributed by atoms with Gasteiger partial charge in [0.2, 0.25) is 5.91 Å². The summed E-state index contributed by atoms with van der Waals surface area (Å²) in [6.07, 6.45) is 2.72. The van der Waals surface area contributed by atoms with E-state index in [1.807, 2.05) is 18.2 Å². The molecule has 0 radical (unpaired) electrons. The molecule has 0 aliphatic carbocycles. The molecule has 1 heterocycles. The molecule has 0 saturated carbocycles. The van der Waals surface area contributed by atoms with E-state index < -0.39 is 5.54 Å². The zero-order chi connectivity index (χ0) is 15.0. The van der Waals surface area contributed by atoms with E-state index in [-0.39, 0.29) is 12.5 Å². The lowest BCUT2D eigenvalue weighted by molar-refractivity contribution is -0.125. The first-order chi connectivity index (χ1) is 10.2. The van der Waals surface area contributed by atoms with Gasteiger partial charge in [-0.05, 0) is 37.1 Å². The summed E-state index contributed by atoms with van der Waals surface area (Å²) < 4.78 is 5.29. The molecule has 0 spiro atoms. The number of benzene rings is 1. The number of rotatable bonds is 7. The molecule has 1 aliphatic rings. The standard InChI is InChI=1S/C16H23NO3S/c18-13-16(8-10-20-11-9-16)17-15(19)7-4-12-21-14-5-2-1-3-6-14/h1-3,5-6,18H,4,7-13H2,(H,17,19). The zero-order valence-electron chi connectivity index (χ0n) is 12.2. The summed E-state index contributed by atoms with van der Waals surface area (Å²) in [6, 6.07) is 10.2. The third-order valence-corrected chi connectivity index (χ3v) is 4.82. The van der Waals surface area contributed by atoms with Gasteiger partial charge >= 0.3 is 0 Å². The molecule has 0 bridgehead atoms. The van der Waals surface area contributed by atoms with Crippen LogP contribution in [-0.4, -0.2) is 42.1 Å². The van der Waals surface area contributed by atoms with E-state index in [0.29, 0.717) is 32.5 Å². The summed E-state index contributed by atoms with van der Waals surface area (Å²) in [7, 11) is 0. The molecule has 1 saturated heterocycles. The van der Waals surface area contributed by atoms with E-state index in [0.717, 1.165) is 12.2 Å². The second-order valence-corrected chi connectivity index (χ2v) is 6.53. The van der Waals surface area contributed by atoms with Crippen LogP contribution in [-0.2, 0) is 9.53 Å². The molecule has 2 N–H and O–H groups in total. The number of carbonyl (C=O) groups excluding carboxylic acids is 1. The lowest BCUT2D eigenvalue weighted by Crippen LogP contribution is -2.54. The van der Waals surface area contributed by atoms with Gasteiger partial charge < -0.3 is 15.2 Å². The summed E-state index contributed by atoms with van der Waals surface area (Å²) in [5.74, 6) is 0.951. The van der Waals surface area contributed by atoms with Crippen molar-refractivity contribution in [3.8, 4) is 0 Å². The number of hydrogen-bond donors (Lipinski definition) is 2. The monoisotopic (exact) mass is 309 g/mol. The fraction of sp³-hybridized carbons (Fsp3) is 0.562. The summed E-state index contributed by atoms with van der Waals surface area (Å²) in [4.78, 5) is 13.2. The van der Waals surface area contributed by atoms with Gasteiger partial charge in [0.05, 0.1) is 12.1 Å². The Balaban J connectivity index is 1.67. The van der Waals surface area contributed by atoms with Gasteiger partial charge in [0, 0.05) is 24.5 Å². The molecule has 2 rings (SSSR count). The fourth-order valence-corrected chi connectivity index (χ4v) is 3.26. The Morgan fingerprint density at radius 2 is 2.00 bits per heavy atom. The summed E-state index contributed by atoms with van der Waals surface area (Å²) in [6.45, 7) is 1.19. The van der Waals surface area contributed by atoms with E-state index in [9.17, 15) is 9.90 Å². The number of hydrogen-bond acceptors (Lipinski definition) is 4. The van der Waals surface area contributed by atoms with Crippen LogP contribution in [0.2, 0.25) is 0 Å². The molecule has 1 amide bonds. The molecule has 116 valence electrons. The van der Waals surface area contributed by atoms with E-state index in [1.54, 1.807) is 11.8 Å². The van der Waals surface area contributed by atoms with Crippen LogP contribution < -0.4 is 5.32 Å². The number of aliphatic hydroxyl groups excluding tert-OH is 1. The molecule has 21 heavy (non-hydrogen) atoms. The van der Waals surface area contributed by atoms with Gasteiger partial charge in [-0.1, -0.05) is 18.2 Å². The van der Waals surface area contributed by atoms with Crippen molar-refractivity contribution in [1.82, 2.24) is 5.32 Å². The summed E-state index contributed by atoms with van der Waals surface area (Å²) >= 11 is 1.76. The van der Waals surface area contributed by atoms with Crippen LogP contribution in [0.1, 0.15) is 25.7 Å². The van der Waals surface area contributed by atoms with Crippen molar-refractivity contribution in [2.45, 2.75) is 36.1 Å². The molecule has 1 fully saturated rings. The van der Waals surface area contributed by atoms with Crippen molar-refractivity contribution in [2.75, 3.05) is 25.6 Å². The minimum atomic E-state index is -0.470. The van der Waals surface area contributed by atoms with Crippen molar-refractivity contribution in [3.63, 3.8) is 0 Å². The largest absolute Gasteiger partial charge is 0.394 e. The Morgan fingerprint density at radius 1 is 1.29 bits per heavy atom. The van der Waals surface area contributed by atoms with Gasteiger partial charge in [0.25, 0.3) is 0 Å². The summed E-state index contributed by atoms with van der Waals surface area (Å²) in [5, 5.41) is 12.5. The van der Waals surface area contributed by atoms with Crippen LogP contribution in [0.15, 0.2) is 35.2 Å². The van der Waals surface area contributed by atoms with Gasteiger partial charge in [0.15, 0.2) is 0 Å². The quantitative estimate of drug-likeness (QED) is 0.599. The molecule has 0 unspecified atom stereocenters. The van der Waals surface area contributed by atoms with Gasteiger partial charge in [-0.2, -0.15) is 0 Å². The highest BCUT2D eigenvalue weighted by atomic mass is 32.2. The first-order valence-electron chi connectivity index (χ1n) is 7.42. The SMILES string of the molecule is O=C(CCCSc1ccccc1)NC1(CO)CCOCC1. The van der Waals surface area contributed by atoms with E-state index >= 15 is 0 Å². The van der Waals surface area contributed by atoms with Crippen LogP contribution in [0.4, 0.5) is 0 Å². The van der Waals surface area contributed by atoms with Crippen LogP contribution in [0.5, 0.6) is 0 Å². The molecule has 4 nitrogen and oxygen atoms in total. The second-order valence-electron chi connectivity index (χ2n) is 5.36. The van der Waals surface area contributed by atoms with Gasteiger partial charge in [-0.25, -0.2) is 0 Å². The zero-order valence-corrected chi connectivity index (χ0v) is 13.0. The fourth-order valence-electron chi connectivity index (χ4n) is 2.38. The van der Waals surface area contributed by atoms with Crippen LogP contribution in [0.3, 0.4) is 0 Å². The minimum Gasteiger partial charge on any atom is -0.394 e. The van der Waals surface area contributed by atoms with E-state index in [1.165, 1.54) is 4.90 Å². The van der Waals surface area contributed by atoms with Crippen molar-refractivity contribution in [2.24, 2.45) is 0 Å². The Bertz CT molecular complexity index is 432. The third-order valence-electron chi connectivity index (χ3n) is 3.72. The van der Waals surface area contributed by atoms with Crippen molar-refractivity contribution in [3.05, 3.63) is 30.3 Å². The maximum Gasteiger partial charge on any atom is 0.220 e. The van der Waals surface area contributed by atoms with Crippen molar-refractivity contribution < 1.29 is 14.6 Å². The number of aliphatic hydroxyl groups is 1. The van der Waals surface area contributed by atoms with Crippen molar-refractivity contribution in [1.29, 1.82) is 0 Å². The van der Waals surface area contributed by atoms with E-state index in [4.69, 9.17) is 4.74 Å². The number of thioether (sulfide) groups is 1. The van der Waals surface area contributed by atoms with E-state index in [2.05, 4.69) is 17.4 Å². The Hall–Kier alpha value is -1.04. The van der Waals surface area contributed by atoms with Gasteiger partial charge in [-0.3, -0.25) is 4.79 Å². The third kappa shape index (κ3) is 5.34. The van der Waals surface area contributed by atoms with Gasteiger partial charge in [-0.15, -0.1) is 11.8 Å². The molecule has 5 heteroatoms. The first-order valence-corrected chi connectivity index (χ1v) is 8.40. The normalized spacial score (nSPS) is 17.4.